The maximum Gasteiger partial charge on any atom is 0.123 e. The largest absolute Gasteiger partial charge is 0.371 e. The third-order valence-electron chi connectivity index (χ3n) is 4.19. The number of benzene rings is 1. The summed E-state index contributed by atoms with van der Waals surface area (Å²) in [6.45, 7) is 6.28. The van der Waals surface area contributed by atoms with Crippen LogP contribution in [0.2, 0.25) is 0 Å². The van der Waals surface area contributed by atoms with E-state index in [9.17, 15) is 4.39 Å². The Hall–Kier alpha value is -1.13. The Morgan fingerprint density at radius 2 is 1.89 bits per heavy atom. The Labute approximate surface area is 107 Å². The first kappa shape index (κ1) is 11.9. The van der Waals surface area contributed by atoms with Crippen molar-refractivity contribution in [2.75, 3.05) is 44.2 Å². The normalized spacial score (nSPS) is 22.4. The first-order valence-electron chi connectivity index (χ1n) is 6.64. The SMILES string of the molecule is NCCN1CC2(CCN(c3ccc(F)cc3)C2)C1. The van der Waals surface area contributed by atoms with Gasteiger partial charge in [0.2, 0.25) is 0 Å². The number of likely N-dealkylation sites (tertiary alicyclic amines) is 1. The second-order valence-electron chi connectivity index (χ2n) is 5.65. The topological polar surface area (TPSA) is 32.5 Å². The minimum Gasteiger partial charge on any atom is -0.371 e. The summed E-state index contributed by atoms with van der Waals surface area (Å²) in [6, 6.07) is 6.85. The van der Waals surface area contributed by atoms with Crippen LogP contribution >= 0.6 is 0 Å². The summed E-state index contributed by atoms with van der Waals surface area (Å²) in [5, 5.41) is 0. The highest BCUT2D eigenvalue weighted by molar-refractivity contribution is 5.48. The highest BCUT2D eigenvalue weighted by Crippen LogP contribution is 2.40. The van der Waals surface area contributed by atoms with Crippen LogP contribution in [0.4, 0.5) is 10.1 Å². The summed E-state index contributed by atoms with van der Waals surface area (Å²) in [5.41, 5.74) is 7.18. The molecule has 2 saturated heterocycles. The Balaban J connectivity index is 1.61. The van der Waals surface area contributed by atoms with Gasteiger partial charge in [0.15, 0.2) is 0 Å². The molecule has 2 aliphatic rings. The molecule has 1 aromatic rings. The monoisotopic (exact) mass is 249 g/mol. The predicted molar refractivity (Wildman–Crippen MR) is 71.2 cm³/mol. The van der Waals surface area contributed by atoms with Crippen LogP contribution in [0.1, 0.15) is 6.42 Å². The van der Waals surface area contributed by atoms with Crippen LogP contribution in [-0.4, -0.2) is 44.2 Å². The molecule has 2 heterocycles. The Kier molecular flexibility index (Phi) is 2.99. The van der Waals surface area contributed by atoms with Crippen molar-refractivity contribution in [3.8, 4) is 0 Å². The third-order valence-corrected chi connectivity index (χ3v) is 4.19. The van der Waals surface area contributed by atoms with Crippen LogP contribution < -0.4 is 10.6 Å². The van der Waals surface area contributed by atoms with Crippen molar-refractivity contribution < 1.29 is 4.39 Å². The van der Waals surface area contributed by atoms with Crippen LogP contribution in [0, 0.1) is 11.2 Å². The lowest BCUT2D eigenvalue weighted by Crippen LogP contribution is -2.58. The van der Waals surface area contributed by atoms with Gasteiger partial charge in [-0.1, -0.05) is 0 Å². The highest BCUT2D eigenvalue weighted by Gasteiger charge is 2.47. The summed E-state index contributed by atoms with van der Waals surface area (Å²) < 4.78 is 12.9. The average molecular weight is 249 g/mol. The zero-order chi connectivity index (χ0) is 12.6. The van der Waals surface area contributed by atoms with E-state index in [1.807, 2.05) is 12.1 Å². The molecule has 4 heteroatoms. The van der Waals surface area contributed by atoms with Gasteiger partial charge in [0, 0.05) is 50.4 Å². The Bertz CT molecular complexity index is 412. The van der Waals surface area contributed by atoms with Gasteiger partial charge in [-0.05, 0) is 30.7 Å². The van der Waals surface area contributed by atoms with Crippen molar-refractivity contribution in [1.82, 2.24) is 4.90 Å². The third kappa shape index (κ3) is 2.10. The summed E-state index contributed by atoms with van der Waals surface area (Å²) in [6.07, 6.45) is 1.24. The summed E-state index contributed by atoms with van der Waals surface area (Å²) in [5.74, 6) is -0.162. The van der Waals surface area contributed by atoms with Crippen molar-refractivity contribution in [2.45, 2.75) is 6.42 Å². The van der Waals surface area contributed by atoms with E-state index in [1.54, 1.807) is 12.1 Å². The molecule has 1 aromatic carbocycles. The van der Waals surface area contributed by atoms with Gasteiger partial charge in [-0.15, -0.1) is 0 Å². The molecule has 0 saturated carbocycles. The van der Waals surface area contributed by atoms with Gasteiger partial charge < -0.3 is 15.5 Å². The van der Waals surface area contributed by atoms with Gasteiger partial charge in [-0.25, -0.2) is 4.39 Å². The summed E-state index contributed by atoms with van der Waals surface area (Å²) >= 11 is 0. The standard InChI is InChI=1S/C14H20FN3/c15-12-1-3-13(4-2-12)18-7-5-14(11-18)9-17(10-14)8-6-16/h1-4H,5-11,16H2. The molecule has 18 heavy (non-hydrogen) atoms. The van der Waals surface area contributed by atoms with Gasteiger partial charge in [0.05, 0.1) is 0 Å². The van der Waals surface area contributed by atoms with Crippen molar-refractivity contribution in [1.29, 1.82) is 0 Å². The maximum atomic E-state index is 12.9. The second-order valence-corrected chi connectivity index (χ2v) is 5.65. The molecular weight excluding hydrogens is 229 g/mol. The van der Waals surface area contributed by atoms with Crippen molar-refractivity contribution in [3.63, 3.8) is 0 Å². The summed E-state index contributed by atoms with van der Waals surface area (Å²) in [4.78, 5) is 4.80. The molecule has 3 rings (SSSR count). The molecule has 0 atom stereocenters. The molecule has 2 fully saturated rings. The fraction of sp³-hybridized carbons (Fsp3) is 0.571. The molecule has 0 bridgehead atoms. The first-order valence-corrected chi connectivity index (χ1v) is 6.64. The van der Waals surface area contributed by atoms with E-state index in [-0.39, 0.29) is 5.82 Å². The molecule has 0 aliphatic carbocycles. The van der Waals surface area contributed by atoms with E-state index in [1.165, 1.54) is 19.5 Å². The molecule has 2 aliphatic heterocycles. The van der Waals surface area contributed by atoms with Crippen LogP contribution in [0.5, 0.6) is 0 Å². The predicted octanol–water partition coefficient (Wildman–Crippen LogP) is 1.30. The van der Waals surface area contributed by atoms with Crippen molar-refractivity contribution in [3.05, 3.63) is 30.1 Å². The van der Waals surface area contributed by atoms with E-state index in [4.69, 9.17) is 5.73 Å². The van der Waals surface area contributed by atoms with E-state index >= 15 is 0 Å². The van der Waals surface area contributed by atoms with Gasteiger partial charge in [0.1, 0.15) is 5.82 Å². The zero-order valence-corrected chi connectivity index (χ0v) is 10.6. The second kappa shape index (κ2) is 4.52. The average Bonchev–Trinajstić information content (AvgIpc) is 2.75. The first-order chi connectivity index (χ1) is 8.71. The molecule has 3 nitrogen and oxygen atoms in total. The molecule has 0 unspecified atom stereocenters. The molecule has 0 amide bonds. The fourth-order valence-corrected chi connectivity index (χ4v) is 3.31. The van der Waals surface area contributed by atoms with Crippen LogP contribution in [0.25, 0.3) is 0 Å². The van der Waals surface area contributed by atoms with E-state index in [0.29, 0.717) is 5.41 Å². The number of halogens is 1. The lowest BCUT2D eigenvalue weighted by Gasteiger charge is -2.48. The molecular formula is C14H20FN3. The van der Waals surface area contributed by atoms with Crippen molar-refractivity contribution in [2.24, 2.45) is 11.1 Å². The van der Waals surface area contributed by atoms with Gasteiger partial charge in [-0.3, -0.25) is 0 Å². The minimum atomic E-state index is -0.162. The van der Waals surface area contributed by atoms with E-state index < -0.39 is 0 Å². The molecule has 0 aromatic heterocycles. The number of hydrogen-bond donors (Lipinski definition) is 1. The van der Waals surface area contributed by atoms with E-state index in [0.717, 1.165) is 31.9 Å². The number of nitrogens with zero attached hydrogens (tertiary/aromatic N) is 2. The molecule has 2 N–H and O–H groups in total. The van der Waals surface area contributed by atoms with Crippen LogP contribution in [-0.2, 0) is 0 Å². The zero-order valence-electron chi connectivity index (χ0n) is 10.6. The van der Waals surface area contributed by atoms with Gasteiger partial charge in [0.25, 0.3) is 0 Å². The minimum absolute atomic E-state index is 0.162. The Morgan fingerprint density at radius 1 is 1.17 bits per heavy atom. The number of rotatable bonds is 3. The maximum absolute atomic E-state index is 12.9. The van der Waals surface area contributed by atoms with E-state index in [2.05, 4.69) is 9.80 Å². The smallest absolute Gasteiger partial charge is 0.123 e. The quantitative estimate of drug-likeness (QED) is 0.876. The van der Waals surface area contributed by atoms with Gasteiger partial charge in [-0.2, -0.15) is 0 Å². The number of anilines is 1. The van der Waals surface area contributed by atoms with Crippen molar-refractivity contribution >= 4 is 5.69 Å². The lowest BCUT2D eigenvalue weighted by molar-refractivity contribution is 0.0213. The van der Waals surface area contributed by atoms with Gasteiger partial charge >= 0.3 is 0 Å². The highest BCUT2D eigenvalue weighted by atomic mass is 19.1. The molecule has 1 spiro atoms. The fourth-order valence-electron chi connectivity index (χ4n) is 3.31. The number of hydrogen-bond acceptors (Lipinski definition) is 3. The Morgan fingerprint density at radius 3 is 2.56 bits per heavy atom. The molecule has 98 valence electrons. The molecule has 0 radical (unpaired) electrons. The van der Waals surface area contributed by atoms with Crippen LogP contribution in [0.15, 0.2) is 24.3 Å². The summed E-state index contributed by atoms with van der Waals surface area (Å²) in [7, 11) is 0. The lowest BCUT2D eigenvalue weighted by atomic mass is 9.79. The van der Waals surface area contributed by atoms with Crippen LogP contribution in [0.3, 0.4) is 0 Å². The number of nitrogens with two attached hydrogens (primary N) is 1.